The number of nitrogens with one attached hydrogen (secondary N) is 1. The number of hydrogen-bond donors (Lipinski definition) is 2. The number of halogens is 1. The van der Waals surface area contributed by atoms with E-state index in [9.17, 15) is 4.79 Å². The molecule has 4 heteroatoms. The summed E-state index contributed by atoms with van der Waals surface area (Å²) in [4.78, 5) is 11.3. The lowest BCUT2D eigenvalue weighted by atomic mass is 9.98. The van der Waals surface area contributed by atoms with Crippen LogP contribution in [0.5, 0.6) is 0 Å². The van der Waals surface area contributed by atoms with Crippen molar-refractivity contribution in [2.75, 3.05) is 0 Å². The minimum atomic E-state index is -0.705. The summed E-state index contributed by atoms with van der Waals surface area (Å²) in [5.74, 6) is -0.342. The third kappa shape index (κ3) is 3.82. The lowest BCUT2D eigenvalue weighted by molar-refractivity contribution is -0.123. The maximum absolute atomic E-state index is 11.3. The Bertz CT molecular complexity index is 404. The molecule has 0 heterocycles. The number of nitrogens with two attached hydrogens (primary N) is 1. The molecule has 0 aliphatic carbocycles. The van der Waals surface area contributed by atoms with Gasteiger partial charge < -0.3 is 5.73 Å². The van der Waals surface area contributed by atoms with Crippen LogP contribution in [0.4, 0.5) is 0 Å². The highest BCUT2D eigenvalue weighted by molar-refractivity contribution is 9.10. The predicted octanol–water partition coefficient (Wildman–Crippen LogP) is 2.75. The molecule has 17 heavy (non-hydrogen) atoms. The zero-order chi connectivity index (χ0) is 13.1. The van der Waals surface area contributed by atoms with E-state index in [0.29, 0.717) is 0 Å². The van der Waals surface area contributed by atoms with E-state index in [1.165, 1.54) is 0 Å². The summed E-state index contributed by atoms with van der Waals surface area (Å²) in [6, 6.07) is 8.19. The maximum Gasteiger partial charge on any atom is 0.237 e. The minimum Gasteiger partial charge on any atom is -0.368 e. The van der Waals surface area contributed by atoms with Crippen LogP contribution in [0.1, 0.15) is 38.8 Å². The van der Waals surface area contributed by atoms with Crippen molar-refractivity contribution in [2.24, 2.45) is 5.73 Å². The topological polar surface area (TPSA) is 55.1 Å². The number of carbonyl (C=O) groups excluding carboxylic acids is 1. The summed E-state index contributed by atoms with van der Waals surface area (Å²) in [5, 5.41) is 3.29. The molecule has 94 valence electrons. The highest BCUT2D eigenvalue weighted by atomic mass is 79.9. The normalized spacial score (nSPS) is 13.4. The summed E-state index contributed by atoms with van der Waals surface area (Å²) in [6.07, 6.45) is 0.896. The van der Waals surface area contributed by atoms with Crippen LogP contribution in [-0.2, 0) is 4.79 Å². The van der Waals surface area contributed by atoms with Gasteiger partial charge in [0, 0.05) is 10.5 Å². The Morgan fingerprint density at radius 2 is 2.18 bits per heavy atom. The average molecular weight is 299 g/mol. The summed E-state index contributed by atoms with van der Waals surface area (Å²) >= 11 is 3.45. The molecule has 1 rings (SSSR count). The van der Waals surface area contributed by atoms with E-state index >= 15 is 0 Å². The largest absolute Gasteiger partial charge is 0.368 e. The van der Waals surface area contributed by atoms with E-state index in [0.717, 1.165) is 16.5 Å². The lowest BCUT2D eigenvalue weighted by Gasteiger charge is -2.29. The molecular weight excluding hydrogens is 280 g/mol. The Morgan fingerprint density at radius 3 is 2.65 bits per heavy atom. The molecule has 1 aromatic rings. The molecule has 0 aliphatic heterocycles. The second-order valence-corrected chi connectivity index (χ2v) is 5.57. The number of amides is 1. The molecule has 0 radical (unpaired) electrons. The SMILES string of the molecule is CCC(NC(C)(C)C(N)=O)c1cccc(Br)c1. The molecule has 0 saturated heterocycles. The van der Waals surface area contributed by atoms with Gasteiger partial charge in [0.25, 0.3) is 0 Å². The van der Waals surface area contributed by atoms with Gasteiger partial charge in [-0.1, -0.05) is 35.0 Å². The van der Waals surface area contributed by atoms with Gasteiger partial charge in [-0.2, -0.15) is 0 Å². The molecule has 0 fully saturated rings. The molecular formula is C13H19BrN2O. The van der Waals surface area contributed by atoms with Crippen LogP contribution < -0.4 is 11.1 Å². The number of hydrogen-bond acceptors (Lipinski definition) is 2. The lowest BCUT2D eigenvalue weighted by Crippen LogP contribution is -2.51. The zero-order valence-corrected chi connectivity index (χ0v) is 12.0. The Balaban J connectivity index is 2.90. The fourth-order valence-electron chi connectivity index (χ4n) is 1.65. The number of carbonyl (C=O) groups is 1. The molecule has 3 N–H and O–H groups in total. The first-order valence-electron chi connectivity index (χ1n) is 5.70. The second-order valence-electron chi connectivity index (χ2n) is 4.65. The van der Waals surface area contributed by atoms with Crippen molar-refractivity contribution in [1.29, 1.82) is 0 Å². The maximum atomic E-state index is 11.3. The standard InChI is InChI=1S/C13H19BrN2O/c1-4-11(16-13(2,3)12(15)17)9-6-5-7-10(14)8-9/h5-8,11,16H,4H2,1-3H3,(H2,15,17). The first-order valence-corrected chi connectivity index (χ1v) is 6.49. The quantitative estimate of drug-likeness (QED) is 0.878. The summed E-state index contributed by atoms with van der Waals surface area (Å²) in [5.41, 5.74) is 5.81. The zero-order valence-electron chi connectivity index (χ0n) is 10.5. The van der Waals surface area contributed by atoms with Gasteiger partial charge in [0.05, 0.1) is 5.54 Å². The predicted molar refractivity (Wildman–Crippen MR) is 73.6 cm³/mol. The van der Waals surface area contributed by atoms with Gasteiger partial charge in [-0.3, -0.25) is 10.1 Å². The highest BCUT2D eigenvalue weighted by Crippen LogP contribution is 2.23. The average Bonchev–Trinajstić information content (AvgIpc) is 2.25. The minimum absolute atomic E-state index is 0.120. The van der Waals surface area contributed by atoms with Crippen molar-refractivity contribution in [3.63, 3.8) is 0 Å². The molecule has 0 bridgehead atoms. The molecule has 0 spiro atoms. The molecule has 3 nitrogen and oxygen atoms in total. The van der Waals surface area contributed by atoms with E-state index in [1.54, 1.807) is 13.8 Å². The van der Waals surface area contributed by atoms with E-state index in [1.807, 2.05) is 18.2 Å². The van der Waals surface area contributed by atoms with Gasteiger partial charge in [-0.05, 0) is 38.0 Å². The highest BCUT2D eigenvalue weighted by Gasteiger charge is 2.27. The molecule has 0 aliphatic rings. The van der Waals surface area contributed by atoms with Crippen LogP contribution in [0, 0.1) is 0 Å². The van der Waals surface area contributed by atoms with Gasteiger partial charge in [0.1, 0.15) is 0 Å². The first kappa shape index (κ1) is 14.2. The Kier molecular flexibility index (Phi) is 4.71. The van der Waals surface area contributed by atoms with E-state index in [4.69, 9.17) is 5.73 Å². The van der Waals surface area contributed by atoms with Gasteiger partial charge >= 0.3 is 0 Å². The second kappa shape index (κ2) is 5.65. The van der Waals surface area contributed by atoms with Crippen LogP contribution in [0.15, 0.2) is 28.7 Å². The molecule has 0 saturated carbocycles. The van der Waals surface area contributed by atoms with Crippen LogP contribution in [0.3, 0.4) is 0 Å². The van der Waals surface area contributed by atoms with E-state index in [2.05, 4.69) is 34.2 Å². The van der Waals surface area contributed by atoms with Crippen molar-refractivity contribution in [2.45, 2.75) is 38.8 Å². The van der Waals surface area contributed by atoms with Gasteiger partial charge in [-0.25, -0.2) is 0 Å². The Labute approximate surface area is 111 Å². The Hall–Kier alpha value is -0.870. The number of rotatable bonds is 5. The van der Waals surface area contributed by atoms with E-state index in [-0.39, 0.29) is 11.9 Å². The van der Waals surface area contributed by atoms with Gasteiger partial charge in [-0.15, -0.1) is 0 Å². The van der Waals surface area contributed by atoms with Gasteiger partial charge in [0.2, 0.25) is 5.91 Å². The fraction of sp³-hybridized carbons (Fsp3) is 0.462. The smallest absolute Gasteiger partial charge is 0.237 e. The molecule has 0 aromatic heterocycles. The van der Waals surface area contributed by atoms with Gasteiger partial charge in [0.15, 0.2) is 0 Å². The summed E-state index contributed by atoms with van der Waals surface area (Å²) < 4.78 is 1.03. The van der Waals surface area contributed by atoms with Crippen LogP contribution in [-0.4, -0.2) is 11.4 Å². The third-order valence-corrected chi connectivity index (χ3v) is 3.30. The molecule has 1 aromatic carbocycles. The molecule has 1 amide bonds. The Morgan fingerprint density at radius 1 is 1.53 bits per heavy atom. The fourth-order valence-corrected chi connectivity index (χ4v) is 2.07. The third-order valence-electron chi connectivity index (χ3n) is 2.81. The van der Waals surface area contributed by atoms with Crippen LogP contribution in [0.2, 0.25) is 0 Å². The first-order chi connectivity index (χ1) is 7.86. The number of benzene rings is 1. The van der Waals surface area contributed by atoms with Crippen molar-refractivity contribution in [3.05, 3.63) is 34.3 Å². The van der Waals surface area contributed by atoms with Crippen molar-refractivity contribution in [1.82, 2.24) is 5.32 Å². The van der Waals surface area contributed by atoms with Crippen LogP contribution >= 0.6 is 15.9 Å². The molecule has 1 unspecified atom stereocenters. The summed E-state index contributed by atoms with van der Waals surface area (Å²) in [7, 11) is 0. The monoisotopic (exact) mass is 298 g/mol. The van der Waals surface area contributed by atoms with E-state index < -0.39 is 5.54 Å². The van der Waals surface area contributed by atoms with Crippen molar-refractivity contribution < 1.29 is 4.79 Å². The van der Waals surface area contributed by atoms with Crippen molar-refractivity contribution >= 4 is 21.8 Å². The van der Waals surface area contributed by atoms with Crippen molar-refractivity contribution in [3.8, 4) is 0 Å². The van der Waals surface area contributed by atoms with Crippen LogP contribution in [0.25, 0.3) is 0 Å². The summed E-state index contributed by atoms with van der Waals surface area (Å²) in [6.45, 7) is 5.68. The number of primary amides is 1. The molecule has 1 atom stereocenters.